The molecule has 112 valence electrons. The number of benzene rings is 1. The molecule has 1 amide bonds. The van der Waals surface area contributed by atoms with Crippen LogP contribution in [0.4, 0.5) is 5.69 Å². The summed E-state index contributed by atoms with van der Waals surface area (Å²) in [5.74, 6) is -0.263. The minimum Gasteiger partial charge on any atom is -0.462 e. The van der Waals surface area contributed by atoms with E-state index in [1.54, 1.807) is 24.3 Å². The number of esters is 1. The van der Waals surface area contributed by atoms with Crippen LogP contribution in [0.25, 0.3) is 0 Å². The number of carbonyl (C=O) groups excluding carboxylic acids is 2. The van der Waals surface area contributed by atoms with Crippen molar-refractivity contribution in [3.8, 4) is 0 Å². The highest BCUT2D eigenvalue weighted by Gasteiger charge is 2.29. The molecule has 0 heterocycles. The van der Waals surface area contributed by atoms with Crippen LogP contribution in [0.1, 0.15) is 36.5 Å². The van der Waals surface area contributed by atoms with E-state index in [1.165, 1.54) is 0 Å². The molecule has 0 aliphatic heterocycles. The summed E-state index contributed by atoms with van der Waals surface area (Å²) in [6.07, 6.45) is 2.66. The van der Waals surface area contributed by atoms with E-state index in [0.29, 0.717) is 17.9 Å². The first-order chi connectivity index (χ1) is 10.1. The molecule has 1 aromatic carbocycles. The average Bonchev–Trinajstić information content (AvgIpc) is 3.30. The van der Waals surface area contributed by atoms with Crippen molar-refractivity contribution in [2.24, 2.45) is 5.92 Å². The van der Waals surface area contributed by atoms with Crippen molar-refractivity contribution in [2.75, 3.05) is 11.9 Å². The van der Waals surface area contributed by atoms with E-state index >= 15 is 0 Å². The van der Waals surface area contributed by atoms with Crippen LogP contribution in [-0.2, 0) is 9.53 Å². The zero-order valence-electron chi connectivity index (χ0n) is 11.8. The van der Waals surface area contributed by atoms with Gasteiger partial charge in [-0.1, -0.05) is 6.92 Å². The third-order valence-corrected chi connectivity index (χ3v) is 3.20. The van der Waals surface area contributed by atoms with Gasteiger partial charge in [0.15, 0.2) is 5.11 Å². The fourth-order valence-corrected chi connectivity index (χ4v) is 1.91. The molecular weight excluding hydrogens is 288 g/mol. The lowest BCUT2D eigenvalue weighted by Gasteiger charge is -2.09. The number of ether oxygens (including phenoxy) is 1. The zero-order valence-corrected chi connectivity index (χ0v) is 12.7. The standard InChI is InChI=1S/C15H18N2O3S/c1-2-9-20-14(19)11-5-7-12(8-6-11)16-15(21)17-13(18)10-3-4-10/h5-8,10H,2-4,9H2,1H3,(H2,16,17,18,21). The number of hydrogen-bond acceptors (Lipinski definition) is 4. The molecule has 1 aliphatic rings. The first-order valence-electron chi connectivity index (χ1n) is 6.99. The van der Waals surface area contributed by atoms with E-state index in [2.05, 4.69) is 10.6 Å². The minimum absolute atomic E-state index is 0.0349. The van der Waals surface area contributed by atoms with Gasteiger partial charge < -0.3 is 15.4 Å². The lowest BCUT2D eigenvalue weighted by Crippen LogP contribution is -2.35. The normalized spacial score (nSPS) is 13.4. The monoisotopic (exact) mass is 306 g/mol. The van der Waals surface area contributed by atoms with Gasteiger partial charge in [-0.3, -0.25) is 4.79 Å². The SMILES string of the molecule is CCCOC(=O)c1ccc(NC(=S)NC(=O)C2CC2)cc1. The van der Waals surface area contributed by atoms with Gasteiger partial charge in [-0.05, 0) is 55.7 Å². The third kappa shape index (κ3) is 4.82. The van der Waals surface area contributed by atoms with E-state index in [1.807, 2.05) is 6.92 Å². The van der Waals surface area contributed by atoms with E-state index < -0.39 is 0 Å². The first-order valence-corrected chi connectivity index (χ1v) is 7.40. The molecule has 1 saturated carbocycles. The topological polar surface area (TPSA) is 67.4 Å². The molecule has 5 nitrogen and oxygen atoms in total. The summed E-state index contributed by atoms with van der Waals surface area (Å²) in [4.78, 5) is 23.2. The van der Waals surface area contributed by atoms with Crippen molar-refractivity contribution in [3.05, 3.63) is 29.8 Å². The second-order valence-electron chi connectivity index (χ2n) is 4.93. The Morgan fingerprint density at radius 1 is 1.29 bits per heavy atom. The largest absolute Gasteiger partial charge is 0.462 e. The minimum atomic E-state index is -0.340. The molecule has 0 atom stereocenters. The van der Waals surface area contributed by atoms with E-state index in [-0.39, 0.29) is 22.9 Å². The van der Waals surface area contributed by atoms with Gasteiger partial charge in [0.1, 0.15) is 0 Å². The summed E-state index contributed by atoms with van der Waals surface area (Å²) in [6, 6.07) is 6.76. The summed E-state index contributed by atoms with van der Waals surface area (Å²) in [5, 5.41) is 5.83. The van der Waals surface area contributed by atoms with E-state index in [9.17, 15) is 9.59 Å². The Morgan fingerprint density at radius 3 is 2.52 bits per heavy atom. The Morgan fingerprint density at radius 2 is 1.95 bits per heavy atom. The summed E-state index contributed by atoms with van der Waals surface area (Å²) >= 11 is 5.07. The van der Waals surface area contributed by atoms with Crippen molar-refractivity contribution in [2.45, 2.75) is 26.2 Å². The molecule has 0 unspecified atom stereocenters. The van der Waals surface area contributed by atoms with Gasteiger partial charge in [0.2, 0.25) is 5.91 Å². The van der Waals surface area contributed by atoms with Crippen molar-refractivity contribution >= 4 is 34.9 Å². The Bertz CT molecular complexity index is 538. The highest BCUT2D eigenvalue weighted by atomic mass is 32.1. The maximum atomic E-state index is 11.6. The Kier molecular flexibility index (Phi) is 5.27. The van der Waals surface area contributed by atoms with E-state index in [0.717, 1.165) is 19.3 Å². The van der Waals surface area contributed by atoms with Crippen LogP contribution >= 0.6 is 12.2 Å². The maximum absolute atomic E-state index is 11.6. The molecule has 2 N–H and O–H groups in total. The van der Waals surface area contributed by atoms with Crippen LogP contribution in [0.3, 0.4) is 0 Å². The Labute approximate surface area is 129 Å². The molecule has 1 aromatic rings. The summed E-state index contributed by atoms with van der Waals surface area (Å²) in [7, 11) is 0. The van der Waals surface area contributed by atoms with Crippen molar-refractivity contribution in [1.82, 2.24) is 5.32 Å². The van der Waals surface area contributed by atoms with Gasteiger partial charge in [0.05, 0.1) is 12.2 Å². The van der Waals surface area contributed by atoms with Crippen LogP contribution in [0.2, 0.25) is 0 Å². The highest BCUT2D eigenvalue weighted by Crippen LogP contribution is 2.28. The smallest absolute Gasteiger partial charge is 0.338 e. The molecule has 1 aliphatic carbocycles. The third-order valence-electron chi connectivity index (χ3n) is 3.00. The fraction of sp³-hybridized carbons (Fsp3) is 0.400. The molecule has 0 spiro atoms. The lowest BCUT2D eigenvalue weighted by molar-refractivity contribution is -0.120. The van der Waals surface area contributed by atoms with Gasteiger partial charge in [0.25, 0.3) is 0 Å². The maximum Gasteiger partial charge on any atom is 0.338 e. The Balaban J connectivity index is 1.85. The van der Waals surface area contributed by atoms with Gasteiger partial charge in [-0.15, -0.1) is 0 Å². The van der Waals surface area contributed by atoms with Crippen molar-refractivity contribution in [3.63, 3.8) is 0 Å². The number of hydrogen-bond donors (Lipinski definition) is 2. The van der Waals surface area contributed by atoms with Crippen LogP contribution in [0, 0.1) is 5.92 Å². The molecule has 1 fully saturated rings. The van der Waals surface area contributed by atoms with Gasteiger partial charge >= 0.3 is 5.97 Å². The zero-order chi connectivity index (χ0) is 15.2. The molecule has 0 aromatic heterocycles. The number of rotatable bonds is 5. The van der Waals surface area contributed by atoms with Gasteiger partial charge in [-0.25, -0.2) is 4.79 Å². The molecular formula is C15H18N2O3S. The summed E-state index contributed by atoms with van der Waals surface area (Å²) < 4.78 is 5.04. The van der Waals surface area contributed by atoms with Crippen LogP contribution < -0.4 is 10.6 Å². The molecule has 6 heteroatoms. The predicted molar refractivity (Wildman–Crippen MR) is 84.1 cm³/mol. The first kappa shape index (κ1) is 15.4. The second-order valence-corrected chi connectivity index (χ2v) is 5.34. The van der Waals surface area contributed by atoms with Crippen molar-refractivity contribution in [1.29, 1.82) is 0 Å². The van der Waals surface area contributed by atoms with Crippen molar-refractivity contribution < 1.29 is 14.3 Å². The second kappa shape index (κ2) is 7.17. The fourth-order valence-electron chi connectivity index (χ4n) is 1.69. The van der Waals surface area contributed by atoms with Gasteiger partial charge in [-0.2, -0.15) is 0 Å². The molecule has 0 radical (unpaired) electrons. The quantitative estimate of drug-likeness (QED) is 0.646. The number of amides is 1. The average molecular weight is 306 g/mol. The molecule has 2 rings (SSSR count). The number of carbonyl (C=O) groups is 2. The van der Waals surface area contributed by atoms with Crippen LogP contribution in [-0.4, -0.2) is 23.6 Å². The Hall–Kier alpha value is -1.95. The summed E-state index contributed by atoms with van der Waals surface area (Å²) in [5.41, 5.74) is 1.20. The lowest BCUT2D eigenvalue weighted by atomic mass is 10.2. The number of nitrogens with one attached hydrogen (secondary N) is 2. The summed E-state index contributed by atoms with van der Waals surface area (Å²) in [6.45, 7) is 2.35. The number of thiocarbonyl (C=S) groups is 1. The van der Waals surface area contributed by atoms with Gasteiger partial charge in [0, 0.05) is 11.6 Å². The number of anilines is 1. The van der Waals surface area contributed by atoms with Crippen LogP contribution in [0.15, 0.2) is 24.3 Å². The molecule has 21 heavy (non-hydrogen) atoms. The van der Waals surface area contributed by atoms with Crippen LogP contribution in [0.5, 0.6) is 0 Å². The molecule has 0 bridgehead atoms. The highest BCUT2D eigenvalue weighted by molar-refractivity contribution is 7.80. The predicted octanol–water partition coefficient (Wildman–Crippen LogP) is 2.48. The molecule has 0 saturated heterocycles. The van der Waals surface area contributed by atoms with E-state index in [4.69, 9.17) is 17.0 Å².